The van der Waals surface area contributed by atoms with Crippen LogP contribution in [0.15, 0.2) is 133 Å². The van der Waals surface area contributed by atoms with E-state index in [4.69, 9.17) is 4.74 Å². The molecule has 0 fully saturated rings. The Balaban J connectivity index is 1.36. The highest BCUT2D eigenvalue weighted by molar-refractivity contribution is 6.03. The third-order valence-electron chi connectivity index (χ3n) is 9.76. The molecule has 2 aliphatic rings. The van der Waals surface area contributed by atoms with E-state index in [1.807, 2.05) is 48.6 Å². The van der Waals surface area contributed by atoms with E-state index in [1.165, 1.54) is 23.3 Å². The van der Waals surface area contributed by atoms with Gasteiger partial charge in [-0.2, -0.15) is 0 Å². The fourth-order valence-corrected chi connectivity index (χ4v) is 7.16. The summed E-state index contributed by atoms with van der Waals surface area (Å²) in [7, 11) is 0. The Labute approximate surface area is 275 Å². The summed E-state index contributed by atoms with van der Waals surface area (Å²) in [6.07, 6.45) is 15.9. The Morgan fingerprint density at radius 3 is 2.19 bits per heavy atom. The molecule has 7 rings (SSSR count). The van der Waals surface area contributed by atoms with E-state index in [2.05, 4.69) is 67.6 Å². The number of ether oxygens (including phenoxy) is 1. The number of carboxylic acid groups (broad SMARTS) is 1. The molecular formula is C43H37FO3. The van der Waals surface area contributed by atoms with Crippen LogP contribution in [0, 0.1) is 5.82 Å². The molecule has 0 amide bonds. The largest absolute Gasteiger partial charge is 0.478 e. The number of hydrogen-bond donors (Lipinski definition) is 1. The maximum atomic E-state index is 14.1. The van der Waals surface area contributed by atoms with Gasteiger partial charge in [-0.15, -0.1) is 0 Å². The molecule has 1 aliphatic carbocycles. The van der Waals surface area contributed by atoms with Crippen LogP contribution in [0.2, 0.25) is 0 Å². The maximum Gasteiger partial charge on any atom is 0.336 e. The Bertz CT molecular complexity index is 2030. The van der Waals surface area contributed by atoms with Crippen molar-refractivity contribution in [2.45, 2.75) is 50.0 Å². The van der Waals surface area contributed by atoms with Crippen molar-refractivity contribution in [3.8, 4) is 5.75 Å². The second kappa shape index (κ2) is 12.5. The van der Waals surface area contributed by atoms with E-state index in [1.54, 1.807) is 18.2 Å². The maximum absolute atomic E-state index is 14.1. The van der Waals surface area contributed by atoms with E-state index in [0.717, 1.165) is 59.6 Å². The predicted octanol–water partition coefficient (Wildman–Crippen LogP) is 10.9. The second-order valence-electron chi connectivity index (χ2n) is 12.6. The van der Waals surface area contributed by atoms with Crippen molar-refractivity contribution in [2.24, 2.45) is 0 Å². The van der Waals surface area contributed by atoms with Crippen LogP contribution in [0.1, 0.15) is 77.2 Å². The predicted molar refractivity (Wildman–Crippen MR) is 188 cm³/mol. The topological polar surface area (TPSA) is 46.5 Å². The zero-order valence-electron chi connectivity index (χ0n) is 26.5. The Morgan fingerprint density at radius 2 is 1.51 bits per heavy atom. The zero-order valence-corrected chi connectivity index (χ0v) is 26.5. The molecular weight excluding hydrogens is 583 g/mol. The van der Waals surface area contributed by atoms with Gasteiger partial charge < -0.3 is 9.84 Å². The molecule has 2 unspecified atom stereocenters. The Morgan fingerprint density at radius 1 is 0.809 bits per heavy atom. The summed E-state index contributed by atoms with van der Waals surface area (Å²) in [5.41, 5.74) is 4.64. The number of carbonyl (C=O) groups is 1. The molecule has 1 heterocycles. The lowest BCUT2D eigenvalue weighted by molar-refractivity contribution is 0.0695. The number of benzene rings is 5. The van der Waals surface area contributed by atoms with Crippen molar-refractivity contribution in [1.29, 1.82) is 0 Å². The summed E-state index contributed by atoms with van der Waals surface area (Å²) in [6, 6.07) is 34.8. The lowest BCUT2D eigenvalue weighted by Gasteiger charge is -2.37. The van der Waals surface area contributed by atoms with Gasteiger partial charge in [0.25, 0.3) is 0 Å². The van der Waals surface area contributed by atoms with Crippen LogP contribution in [-0.4, -0.2) is 11.1 Å². The Kier molecular flexibility index (Phi) is 8.11. The molecule has 5 aromatic carbocycles. The molecule has 234 valence electrons. The second-order valence-corrected chi connectivity index (χ2v) is 12.6. The molecule has 0 spiro atoms. The minimum Gasteiger partial charge on any atom is -0.478 e. The molecule has 5 aromatic rings. The highest BCUT2D eigenvalue weighted by Gasteiger charge is 2.39. The summed E-state index contributed by atoms with van der Waals surface area (Å²) >= 11 is 0. The van der Waals surface area contributed by atoms with Gasteiger partial charge in [-0.3, -0.25) is 0 Å². The molecule has 1 N–H and O–H groups in total. The SMILES string of the molecule is CCCCCC1(c2ccc3c4c(c(C(=O)O)cc3c2)C=CC(c2ccccc2)(c2ccc(F)cc2)O4)C=CC(c2ccccc2)=CC1. The highest BCUT2D eigenvalue weighted by atomic mass is 19.1. The van der Waals surface area contributed by atoms with Gasteiger partial charge in [0.1, 0.15) is 11.6 Å². The number of carboxylic acids is 1. The molecule has 0 saturated carbocycles. The first-order chi connectivity index (χ1) is 22.9. The third-order valence-corrected chi connectivity index (χ3v) is 9.76. The van der Waals surface area contributed by atoms with Crippen LogP contribution in [-0.2, 0) is 11.0 Å². The van der Waals surface area contributed by atoms with Crippen LogP contribution in [0.3, 0.4) is 0 Å². The molecule has 4 heteroatoms. The molecule has 0 bridgehead atoms. The normalized spacial score (nSPS) is 20.0. The van der Waals surface area contributed by atoms with Crippen LogP contribution >= 0.6 is 0 Å². The van der Waals surface area contributed by atoms with Crippen LogP contribution in [0.5, 0.6) is 5.75 Å². The lowest BCUT2D eigenvalue weighted by atomic mass is 9.70. The minimum absolute atomic E-state index is 0.187. The lowest BCUT2D eigenvalue weighted by Crippen LogP contribution is -2.34. The van der Waals surface area contributed by atoms with Gasteiger partial charge in [-0.25, -0.2) is 9.18 Å². The molecule has 3 nitrogen and oxygen atoms in total. The van der Waals surface area contributed by atoms with E-state index in [9.17, 15) is 14.3 Å². The van der Waals surface area contributed by atoms with Crippen molar-refractivity contribution < 1.29 is 19.0 Å². The molecule has 2 atom stereocenters. The average molecular weight is 621 g/mol. The molecule has 0 saturated heterocycles. The number of hydrogen-bond acceptors (Lipinski definition) is 2. The smallest absolute Gasteiger partial charge is 0.336 e. The fourth-order valence-electron chi connectivity index (χ4n) is 7.16. The molecule has 0 aromatic heterocycles. The number of allylic oxidation sites excluding steroid dienone is 4. The average Bonchev–Trinajstić information content (AvgIpc) is 3.12. The first kappa shape index (κ1) is 30.4. The number of unbranched alkanes of at least 4 members (excludes halogenated alkanes) is 2. The standard InChI is InChI=1S/C43H37FO3/c1-2-3-10-24-42(25-21-31(22-26-42)30-11-6-4-7-12-30)35-17-20-37-32(28-35)29-39(41(45)46)38-23-27-43(47-40(37)38,33-13-8-5-9-14-33)34-15-18-36(44)19-16-34/h4-9,11-23,25,27-29H,2-3,10,24,26H2,1H3,(H,45,46). The van der Waals surface area contributed by atoms with E-state index in [-0.39, 0.29) is 16.8 Å². The van der Waals surface area contributed by atoms with Crippen molar-refractivity contribution in [1.82, 2.24) is 0 Å². The molecule has 47 heavy (non-hydrogen) atoms. The number of aromatic carboxylic acids is 1. The van der Waals surface area contributed by atoms with Gasteiger partial charge in [-0.1, -0.05) is 135 Å². The first-order valence-corrected chi connectivity index (χ1v) is 16.4. The van der Waals surface area contributed by atoms with E-state index >= 15 is 0 Å². The van der Waals surface area contributed by atoms with Gasteiger partial charge >= 0.3 is 5.97 Å². The van der Waals surface area contributed by atoms with Gasteiger partial charge in [0.05, 0.1) is 5.56 Å². The monoisotopic (exact) mass is 620 g/mol. The van der Waals surface area contributed by atoms with Crippen molar-refractivity contribution in [3.63, 3.8) is 0 Å². The van der Waals surface area contributed by atoms with E-state index < -0.39 is 11.6 Å². The van der Waals surface area contributed by atoms with Crippen molar-refractivity contribution in [2.75, 3.05) is 0 Å². The summed E-state index contributed by atoms with van der Waals surface area (Å²) in [5.74, 6) is -0.840. The summed E-state index contributed by atoms with van der Waals surface area (Å²) in [4.78, 5) is 12.7. The number of rotatable bonds is 9. The van der Waals surface area contributed by atoms with Crippen LogP contribution in [0.4, 0.5) is 4.39 Å². The van der Waals surface area contributed by atoms with E-state index in [0.29, 0.717) is 11.3 Å². The van der Waals surface area contributed by atoms with Crippen molar-refractivity contribution in [3.05, 3.63) is 173 Å². The quantitative estimate of drug-likeness (QED) is 0.167. The fraction of sp³-hybridized carbons (Fsp3) is 0.186. The summed E-state index contributed by atoms with van der Waals surface area (Å²) in [5, 5.41) is 12.0. The third kappa shape index (κ3) is 5.59. The molecule has 0 radical (unpaired) electrons. The van der Waals surface area contributed by atoms with Gasteiger partial charge in [0, 0.05) is 27.5 Å². The van der Waals surface area contributed by atoms with Gasteiger partial charge in [0.2, 0.25) is 0 Å². The first-order valence-electron chi connectivity index (χ1n) is 16.4. The highest BCUT2D eigenvalue weighted by Crippen LogP contribution is 2.48. The number of halogens is 1. The molecule has 1 aliphatic heterocycles. The Hall–Kier alpha value is -5.22. The van der Waals surface area contributed by atoms with Crippen molar-refractivity contribution >= 4 is 28.4 Å². The number of fused-ring (bicyclic) bond motifs is 3. The minimum atomic E-state index is -1.07. The summed E-state index contributed by atoms with van der Waals surface area (Å²) < 4.78 is 21.1. The van der Waals surface area contributed by atoms with Crippen LogP contribution < -0.4 is 4.74 Å². The summed E-state index contributed by atoms with van der Waals surface area (Å²) in [6.45, 7) is 2.22. The van der Waals surface area contributed by atoms with Gasteiger partial charge in [0.15, 0.2) is 5.60 Å². The van der Waals surface area contributed by atoms with Gasteiger partial charge in [-0.05, 0) is 65.3 Å². The van der Waals surface area contributed by atoms with Crippen LogP contribution in [0.25, 0.3) is 22.4 Å². The zero-order chi connectivity index (χ0) is 32.4.